The average molecular weight is 376 g/mol. The van der Waals surface area contributed by atoms with Crippen molar-refractivity contribution in [3.05, 3.63) is 42.0 Å². The van der Waals surface area contributed by atoms with Gasteiger partial charge >= 0.3 is 5.97 Å². The molecule has 6 nitrogen and oxygen atoms in total. The summed E-state index contributed by atoms with van der Waals surface area (Å²) in [6, 6.07) is 10.8. The molecule has 0 fully saturated rings. The van der Waals surface area contributed by atoms with E-state index in [1.807, 2.05) is 43.3 Å². The Morgan fingerprint density at radius 2 is 1.85 bits per heavy atom. The summed E-state index contributed by atoms with van der Waals surface area (Å²) in [7, 11) is 1.62. The van der Waals surface area contributed by atoms with E-state index in [1.165, 1.54) is 0 Å². The summed E-state index contributed by atoms with van der Waals surface area (Å²) < 4.78 is 5.22. The molecule has 140 valence electrons. The third kappa shape index (κ3) is 5.20. The number of rotatable bonds is 8. The van der Waals surface area contributed by atoms with Crippen LogP contribution in [0.3, 0.4) is 0 Å². The van der Waals surface area contributed by atoms with Crippen molar-refractivity contribution in [3.63, 3.8) is 0 Å². The standard InChI is InChI=1S/C19H24N2O4S/c1-11(19(24)26-10-17(18(22)23)21-12(2)20)13-4-5-15-9-16(25-3)7-6-14(15)8-13/h4-9,11-12,17,21H,10,20H2,1-3H3,(H,22,23). The fraction of sp³-hybridized carbons (Fsp3) is 0.368. The highest BCUT2D eigenvalue weighted by Gasteiger charge is 2.23. The topological polar surface area (TPSA) is 102 Å². The highest BCUT2D eigenvalue weighted by molar-refractivity contribution is 8.13. The van der Waals surface area contributed by atoms with E-state index in [-0.39, 0.29) is 16.8 Å². The lowest BCUT2D eigenvalue weighted by Gasteiger charge is -2.17. The second-order valence-electron chi connectivity index (χ2n) is 6.17. The average Bonchev–Trinajstić information content (AvgIpc) is 2.62. The molecule has 4 N–H and O–H groups in total. The molecular weight excluding hydrogens is 352 g/mol. The van der Waals surface area contributed by atoms with Crippen LogP contribution in [0.4, 0.5) is 0 Å². The normalized spacial score (nSPS) is 14.6. The molecular formula is C19H24N2O4S. The van der Waals surface area contributed by atoms with Gasteiger partial charge in [-0.25, -0.2) is 0 Å². The Balaban J connectivity index is 2.07. The quantitative estimate of drug-likeness (QED) is 0.609. The molecule has 0 saturated heterocycles. The molecule has 3 unspecified atom stereocenters. The van der Waals surface area contributed by atoms with Crippen LogP contribution in [0.25, 0.3) is 10.8 Å². The van der Waals surface area contributed by atoms with Gasteiger partial charge in [0, 0.05) is 5.75 Å². The molecule has 0 bridgehead atoms. The lowest BCUT2D eigenvalue weighted by molar-refractivity contribution is -0.139. The Bertz CT molecular complexity index is 794. The van der Waals surface area contributed by atoms with Crippen molar-refractivity contribution in [2.45, 2.75) is 32.0 Å². The summed E-state index contributed by atoms with van der Waals surface area (Å²) in [5.41, 5.74) is 6.48. The minimum Gasteiger partial charge on any atom is -0.497 e. The van der Waals surface area contributed by atoms with Crippen LogP contribution in [-0.4, -0.2) is 41.3 Å². The van der Waals surface area contributed by atoms with Gasteiger partial charge in [-0.3, -0.25) is 14.9 Å². The Hall–Kier alpha value is -2.09. The maximum atomic E-state index is 12.5. The number of benzene rings is 2. The molecule has 0 heterocycles. The van der Waals surface area contributed by atoms with Crippen LogP contribution >= 0.6 is 11.8 Å². The molecule has 2 rings (SSSR count). The van der Waals surface area contributed by atoms with E-state index in [0.29, 0.717) is 0 Å². The van der Waals surface area contributed by atoms with Crippen molar-refractivity contribution in [2.24, 2.45) is 5.73 Å². The van der Waals surface area contributed by atoms with Crippen LogP contribution in [0.15, 0.2) is 36.4 Å². The number of fused-ring (bicyclic) bond motifs is 1. The molecule has 0 aliphatic heterocycles. The Morgan fingerprint density at radius 1 is 1.19 bits per heavy atom. The third-order valence-electron chi connectivity index (χ3n) is 4.08. The molecule has 0 aromatic heterocycles. The molecule has 26 heavy (non-hydrogen) atoms. The van der Waals surface area contributed by atoms with E-state index in [9.17, 15) is 14.7 Å². The van der Waals surface area contributed by atoms with Gasteiger partial charge in [0.25, 0.3) is 0 Å². The number of hydrogen-bond acceptors (Lipinski definition) is 6. The first-order chi connectivity index (χ1) is 12.3. The number of nitrogens with one attached hydrogen (secondary N) is 1. The van der Waals surface area contributed by atoms with Gasteiger partial charge in [0.05, 0.1) is 19.2 Å². The Kier molecular flexibility index (Phi) is 7.02. The first kappa shape index (κ1) is 20.2. The van der Waals surface area contributed by atoms with E-state index in [4.69, 9.17) is 10.5 Å². The van der Waals surface area contributed by atoms with Crippen molar-refractivity contribution in [1.82, 2.24) is 5.32 Å². The fourth-order valence-electron chi connectivity index (χ4n) is 2.57. The zero-order valence-electron chi connectivity index (χ0n) is 15.1. The number of thioether (sulfide) groups is 1. The summed E-state index contributed by atoms with van der Waals surface area (Å²) in [5, 5.41) is 13.9. The third-order valence-corrected chi connectivity index (χ3v) is 5.22. The Morgan fingerprint density at radius 3 is 2.46 bits per heavy atom. The van der Waals surface area contributed by atoms with Crippen molar-refractivity contribution in [3.8, 4) is 5.75 Å². The first-order valence-electron chi connectivity index (χ1n) is 8.30. The number of nitrogens with two attached hydrogens (primary N) is 1. The van der Waals surface area contributed by atoms with Crippen molar-refractivity contribution < 1.29 is 19.4 Å². The molecule has 7 heteroatoms. The number of carboxylic acid groups (broad SMARTS) is 1. The number of methoxy groups -OCH3 is 1. The SMILES string of the molecule is COc1ccc2cc(C(C)C(=O)SCC(NC(C)N)C(=O)O)ccc2c1. The molecule has 3 atom stereocenters. The summed E-state index contributed by atoms with van der Waals surface area (Å²) in [5.74, 6) is -0.442. The molecule has 2 aromatic rings. The number of carboxylic acids is 1. The highest BCUT2D eigenvalue weighted by atomic mass is 32.2. The van der Waals surface area contributed by atoms with Gasteiger partial charge < -0.3 is 15.6 Å². The van der Waals surface area contributed by atoms with Crippen LogP contribution in [0, 0.1) is 0 Å². The van der Waals surface area contributed by atoms with Gasteiger partial charge in [0.2, 0.25) is 0 Å². The Labute approximate surface area is 157 Å². The van der Waals surface area contributed by atoms with Crippen molar-refractivity contribution in [2.75, 3.05) is 12.9 Å². The minimum absolute atomic E-state index is 0.0735. The summed E-state index contributed by atoms with van der Waals surface area (Å²) in [6.07, 6.45) is -0.457. The van der Waals surface area contributed by atoms with Gasteiger partial charge in [-0.1, -0.05) is 43.0 Å². The molecule has 0 radical (unpaired) electrons. The zero-order valence-corrected chi connectivity index (χ0v) is 15.9. The maximum Gasteiger partial charge on any atom is 0.321 e. The number of aliphatic carboxylic acids is 1. The lowest BCUT2D eigenvalue weighted by Crippen LogP contribution is -2.47. The largest absolute Gasteiger partial charge is 0.497 e. The van der Waals surface area contributed by atoms with Gasteiger partial charge in [0.1, 0.15) is 11.8 Å². The number of ether oxygens (including phenoxy) is 1. The van der Waals surface area contributed by atoms with Gasteiger partial charge in [-0.05, 0) is 35.4 Å². The number of carbonyl (C=O) groups excluding carboxylic acids is 1. The summed E-state index contributed by atoms with van der Waals surface area (Å²) in [6.45, 7) is 3.49. The molecule has 0 amide bonds. The number of carbonyl (C=O) groups is 2. The van der Waals surface area contributed by atoms with Crippen LogP contribution < -0.4 is 15.8 Å². The second kappa shape index (κ2) is 9.02. The van der Waals surface area contributed by atoms with Crippen LogP contribution in [0.5, 0.6) is 5.75 Å². The zero-order chi connectivity index (χ0) is 19.3. The van der Waals surface area contributed by atoms with E-state index in [1.54, 1.807) is 14.0 Å². The predicted molar refractivity (Wildman–Crippen MR) is 105 cm³/mol. The molecule has 0 aliphatic carbocycles. The van der Waals surface area contributed by atoms with E-state index < -0.39 is 18.2 Å². The van der Waals surface area contributed by atoms with E-state index in [0.717, 1.165) is 33.8 Å². The summed E-state index contributed by atoms with van der Waals surface area (Å²) in [4.78, 5) is 23.7. The van der Waals surface area contributed by atoms with Gasteiger partial charge in [-0.15, -0.1) is 0 Å². The molecule has 0 saturated carbocycles. The van der Waals surface area contributed by atoms with Crippen molar-refractivity contribution >= 4 is 33.6 Å². The van der Waals surface area contributed by atoms with E-state index in [2.05, 4.69) is 5.32 Å². The van der Waals surface area contributed by atoms with Crippen LogP contribution in [-0.2, 0) is 9.59 Å². The molecule has 0 aliphatic rings. The minimum atomic E-state index is -1.02. The lowest BCUT2D eigenvalue weighted by atomic mass is 9.99. The smallest absolute Gasteiger partial charge is 0.321 e. The fourth-order valence-corrected chi connectivity index (χ4v) is 3.53. The number of hydrogen-bond donors (Lipinski definition) is 3. The highest BCUT2D eigenvalue weighted by Crippen LogP contribution is 2.28. The van der Waals surface area contributed by atoms with E-state index >= 15 is 0 Å². The second-order valence-corrected chi connectivity index (χ2v) is 7.19. The molecule has 2 aromatic carbocycles. The first-order valence-corrected chi connectivity index (χ1v) is 9.29. The monoisotopic (exact) mass is 376 g/mol. The van der Waals surface area contributed by atoms with Crippen LogP contribution in [0.1, 0.15) is 25.3 Å². The summed E-state index contributed by atoms with van der Waals surface area (Å²) >= 11 is 1.01. The van der Waals surface area contributed by atoms with Crippen molar-refractivity contribution in [1.29, 1.82) is 0 Å². The molecule has 0 spiro atoms. The van der Waals surface area contributed by atoms with Gasteiger partial charge in [0.15, 0.2) is 5.12 Å². The van der Waals surface area contributed by atoms with Crippen LogP contribution in [0.2, 0.25) is 0 Å². The predicted octanol–water partition coefficient (Wildman–Crippen LogP) is 2.56. The maximum absolute atomic E-state index is 12.5. The van der Waals surface area contributed by atoms with Gasteiger partial charge in [-0.2, -0.15) is 0 Å².